The highest BCUT2D eigenvalue weighted by molar-refractivity contribution is 5.87. The van der Waals surface area contributed by atoms with Gasteiger partial charge >= 0.3 is 0 Å². The van der Waals surface area contributed by atoms with Crippen LogP contribution < -0.4 is 15.1 Å². The Hall–Kier alpha value is -3.83. The minimum absolute atomic E-state index is 0.0262. The van der Waals surface area contributed by atoms with Gasteiger partial charge in [0.1, 0.15) is 17.1 Å². The van der Waals surface area contributed by atoms with E-state index < -0.39 is 0 Å². The SMILES string of the molecule is COc1ccccc1N1CCN(CC/C=C/c2cccc3c(=O)c(C)c(-c4ccccc4)oc23)CC1. The van der Waals surface area contributed by atoms with E-state index in [0.29, 0.717) is 22.3 Å². The molecular weight excluding hydrogens is 448 g/mol. The Balaban J connectivity index is 1.26. The van der Waals surface area contributed by atoms with Crippen molar-refractivity contribution in [2.75, 3.05) is 44.7 Å². The second kappa shape index (κ2) is 10.8. The number of rotatable bonds is 7. The van der Waals surface area contributed by atoms with Gasteiger partial charge in [-0.15, -0.1) is 0 Å². The maximum Gasteiger partial charge on any atom is 0.196 e. The second-order valence-electron chi connectivity index (χ2n) is 9.17. The molecule has 0 atom stereocenters. The Morgan fingerprint density at radius 3 is 2.44 bits per heavy atom. The van der Waals surface area contributed by atoms with Crippen molar-refractivity contribution >= 4 is 22.7 Å². The molecule has 0 aliphatic carbocycles. The number of para-hydroxylation sites is 3. The minimum atomic E-state index is 0.0262. The van der Waals surface area contributed by atoms with Crippen molar-refractivity contribution in [3.63, 3.8) is 0 Å². The fraction of sp³-hybridized carbons (Fsp3) is 0.258. The standard InChI is InChI=1S/C31H32N2O3/c1-23-29(34)26-15-10-14-25(31(26)36-30(23)24-11-4-3-5-12-24)13-8-9-18-32-19-21-33(22-20-32)27-16-6-7-17-28(27)35-2/h3-8,10-17H,9,18-22H2,1-2H3/b13-8+. The summed E-state index contributed by atoms with van der Waals surface area (Å²) in [5.74, 6) is 1.57. The summed E-state index contributed by atoms with van der Waals surface area (Å²) >= 11 is 0. The third kappa shape index (κ3) is 4.93. The molecule has 0 unspecified atom stereocenters. The molecule has 3 aromatic carbocycles. The van der Waals surface area contributed by atoms with Gasteiger partial charge in [0, 0.05) is 49.4 Å². The van der Waals surface area contributed by atoms with Gasteiger partial charge in [-0.2, -0.15) is 0 Å². The molecule has 36 heavy (non-hydrogen) atoms. The molecule has 0 amide bonds. The van der Waals surface area contributed by atoms with E-state index in [9.17, 15) is 4.79 Å². The molecule has 0 bridgehead atoms. The summed E-state index contributed by atoms with van der Waals surface area (Å²) in [5, 5.41) is 0.627. The molecule has 1 aliphatic rings. The van der Waals surface area contributed by atoms with Crippen molar-refractivity contribution in [1.82, 2.24) is 4.90 Å². The molecule has 0 radical (unpaired) electrons. The molecule has 5 nitrogen and oxygen atoms in total. The van der Waals surface area contributed by atoms with Crippen LogP contribution in [0.15, 0.2) is 88.1 Å². The Labute approximate surface area is 212 Å². The first-order valence-electron chi connectivity index (χ1n) is 12.5. The van der Waals surface area contributed by atoms with Crippen LogP contribution in [0.2, 0.25) is 0 Å². The van der Waals surface area contributed by atoms with E-state index in [0.717, 1.165) is 56.0 Å². The van der Waals surface area contributed by atoms with Gasteiger partial charge in [0.25, 0.3) is 0 Å². The van der Waals surface area contributed by atoms with Crippen LogP contribution in [-0.4, -0.2) is 44.7 Å². The van der Waals surface area contributed by atoms with Crippen LogP contribution in [0, 0.1) is 6.92 Å². The lowest BCUT2D eigenvalue weighted by molar-refractivity contribution is 0.262. The van der Waals surface area contributed by atoms with Crippen LogP contribution >= 0.6 is 0 Å². The Kier molecular flexibility index (Phi) is 7.19. The number of ether oxygens (including phenoxy) is 1. The smallest absolute Gasteiger partial charge is 0.196 e. The van der Waals surface area contributed by atoms with Gasteiger partial charge in [0.2, 0.25) is 0 Å². The van der Waals surface area contributed by atoms with Crippen molar-refractivity contribution in [3.8, 4) is 17.1 Å². The van der Waals surface area contributed by atoms with E-state index in [1.807, 2.05) is 67.6 Å². The third-order valence-electron chi connectivity index (χ3n) is 6.92. The van der Waals surface area contributed by atoms with Crippen molar-refractivity contribution in [3.05, 3.63) is 100 Å². The van der Waals surface area contributed by atoms with E-state index in [1.165, 1.54) is 5.69 Å². The predicted octanol–water partition coefficient (Wildman–Crippen LogP) is 6.00. The molecule has 0 spiro atoms. The summed E-state index contributed by atoms with van der Waals surface area (Å²) in [5.41, 5.74) is 4.33. The van der Waals surface area contributed by atoms with Crippen LogP contribution in [0.5, 0.6) is 5.75 Å². The van der Waals surface area contributed by atoms with E-state index in [1.54, 1.807) is 7.11 Å². The van der Waals surface area contributed by atoms with Gasteiger partial charge in [-0.3, -0.25) is 9.69 Å². The topological polar surface area (TPSA) is 45.9 Å². The third-order valence-corrected chi connectivity index (χ3v) is 6.92. The number of fused-ring (bicyclic) bond motifs is 1. The van der Waals surface area contributed by atoms with Crippen molar-refractivity contribution in [1.29, 1.82) is 0 Å². The number of hydrogen-bond donors (Lipinski definition) is 0. The fourth-order valence-electron chi connectivity index (χ4n) is 4.90. The van der Waals surface area contributed by atoms with Gasteiger partial charge in [0.05, 0.1) is 18.2 Å². The first-order valence-corrected chi connectivity index (χ1v) is 12.5. The first-order chi connectivity index (χ1) is 17.7. The number of hydrogen-bond acceptors (Lipinski definition) is 5. The monoisotopic (exact) mass is 480 g/mol. The highest BCUT2D eigenvalue weighted by Crippen LogP contribution is 2.29. The zero-order valence-corrected chi connectivity index (χ0v) is 20.9. The van der Waals surface area contributed by atoms with E-state index in [2.05, 4.69) is 34.1 Å². The minimum Gasteiger partial charge on any atom is -0.495 e. The summed E-state index contributed by atoms with van der Waals surface area (Å²) in [4.78, 5) is 18.0. The van der Waals surface area contributed by atoms with Crippen LogP contribution in [0.4, 0.5) is 5.69 Å². The number of anilines is 1. The lowest BCUT2D eigenvalue weighted by atomic mass is 10.0. The molecule has 0 saturated carbocycles. The summed E-state index contributed by atoms with van der Waals surface area (Å²) < 4.78 is 11.9. The normalized spacial score (nSPS) is 14.6. The average Bonchev–Trinajstić information content (AvgIpc) is 2.94. The maximum atomic E-state index is 13.1. The maximum absolute atomic E-state index is 13.1. The quantitative estimate of drug-likeness (QED) is 0.325. The fourth-order valence-corrected chi connectivity index (χ4v) is 4.90. The van der Waals surface area contributed by atoms with Gasteiger partial charge in [-0.25, -0.2) is 0 Å². The summed E-state index contributed by atoms with van der Waals surface area (Å²) in [6.07, 6.45) is 5.20. The molecule has 4 aromatic rings. The first kappa shape index (κ1) is 23.9. The van der Waals surface area contributed by atoms with Crippen molar-refractivity contribution in [2.24, 2.45) is 0 Å². The van der Waals surface area contributed by atoms with Gasteiger partial charge < -0.3 is 14.1 Å². The lowest BCUT2D eigenvalue weighted by Crippen LogP contribution is -2.46. The van der Waals surface area contributed by atoms with Gasteiger partial charge in [-0.05, 0) is 31.5 Å². The zero-order chi connectivity index (χ0) is 24.9. The Bertz CT molecular complexity index is 1420. The highest BCUT2D eigenvalue weighted by atomic mass is 16.5. The molecule has 1 aliphatic heterocycles. The molecular formula is C31H32N2O3. The number of methoxy groups -OCH3 is 1. The van der Waals surface area contributed by atoms with Crippen LogP contribution in [0.1, 0.15) is 17.5 Å². The number of piperazine rings is 1. The molecule has 1 saturated heterocycles. The number of benzene rings is 3. The van der Waals surface area contributed by atoms with Gasteiger partial charge in [-0.1, -0.05) is 66.7 Å². The summed E-state index contributed by atoms with van der Waals surface area (Å²) in [6, 6.07) is 23.8. The highest BCUT2D eigenvalue weighted by Gasteiger charge is 2.19. The van der Waals surface area contributed by atoms with Crippen molar-refractivity contribution < 1.29 is 9.15 Å². The molecule has 1 aromatic heterocycles. The molecule has 0 N–H and O–H groups in total. The van der Waals surface area contributed by atoms with Gasteiger partial charge in [0.15, 0.2) is 5.43 Å². The zero-order valence-electron chi connectivity index (χ0n) is 20.9. The largest absolute Gasteiger partial charge is 0.495 e. The second-order valence-corrected chi connectivity index (χ2v) is 9.17. The molecule has 5 rings (SSSR count). The average molecular weight is 481 g/mol. The van der Waals surface area contributed by atoms with Crippen LogP contribution in [0.25, 0.3) is 28.4 Å². The van der Waals surface area contributed by atoms with E-state index in [4.69, 9.17) is 9.15 Å². The lowest BCUT2D eigenvalue weighted by Gasteiger charge is -2.36. The molecule has 184 valence electrons. The van der Waals surface area contributed by atoms with Crippen LogP contribution in [0.3, 0.4) is 0 Å². The molecule has 5 heteroatoms. The Morgan fingerprint density at radius 1 is 0.917 bits per heavy atom. The summed E-state index contributed by atoms with van der Waals surface area (Å²) in [6.45, 7) is 6.85. The predicted molar refractivity (Wildman–Crippen MR) is 148 cm³/mol. The summed E-state index contributed by atoms with van der Waals surface area (Å²) in [7, 11) is 1.73. The number of nitrogens with zero attached hydrogens (tertiary/aromatic N) is 2. The molecule has 1 fully saturated rings. The Morgan fingerprint density at radius 2 is 1.67 bits per heavy atom. The van der Waals surface area contributed by atoms with E-state index in [-0.39, 0.29) is 5.43 Å². The van der Waals surface area contributed by atoms with Crippen LogP contribution in [-0.2, 0) is 0 Å². The van der Waals surface area contributed by atoms with Crippen molar-refractivity contribution in [2.45, 2.75) is 13.3 Å². The molecule has 2 heterocycles. The van der Waals surface area contributed by atoms with E-state index >= 15 is 0 Å².